The van der Waals surface area contributed by atoms with Crippen molar-refractivity contribution in [3.05, 3.63) is 12.7 Å². The quantitative estimate of drug-likeness (QED) is 0.378. The summed E-state index contributed by atoms with van der Waals surface area (Å²) in [7, 11) is 0. The van der Waals surface area contributed by atoms with Crippen LogP contribution in [0.3, 0.4) is 0 Å². The van der Waals surface area contributed by atoms with Crippen molar-refractivity contribution in [2.75, 3.05) is 6.54 Å². The van der Waals surface area contributed by atoms with Gasteiger partial charge in [-0.15, -0.1) is 6.58 Å². The maximum absolute atomic E-state index is 10.7. The van der Waals surface area contributed by atoms with Crippen LogP contribution in [0.1, 0.15) is 0 Å². The minimum atomic E-state index is -0.762. The lowest BCUT2D eigenvalue weighted by molar-refractivity contribution is -0.139. The monoisotopic (exact) mass is 137 g/mol. The summed E-state index contributed by atoms with van der Waals surface area (Å²) in [6.45, 7) is 3.68. The van der Waals surface area contributed by atoms with E-state index in [1.165, 1.54) is 6.08 Å². The highest BCUT2D eigenvalue weighted by molar-refractivity contribution is 6.41. The lowest BCUT2D eigenvalue weighted by Gasteiger charge is -2.03. The Labute approximate surface area is 57.8 Å². The number of rotatable bonds is 2. The number of aliphatic imine (C=N–C) groups is 1. The average molecular weight is 137 g/mol. The highest BCUT2D eigenvalue weighted by atomic mass is 16.2. The summed E-state index contributed by atoms with van der Waals surface area (Å²) in [5, 5.41) is 0. The van der Waals surface area contributed by atoms with Crippen LogP contribution in [0.4, 0.5) is 0 Å². The molecule has 4 nitrogen and oxygen atoms in total. The van der Waals surface area contributed by atoms with Crippen LogP contribution in [0.2, 0.25) is 0 Å². The first kappa shape index (κ1) is 6.67. The molecule has 0 atom stereocenters. The molecule has 1 radical (unpaired) electrons. The Kier molecular flexibility index (Phi) is 1.62. The van der Waals surface area contributed by atoms with Crippen LogP contribution in [0.15, 0.2) is 17.6 Å². The minimum absolute atomic E-state index is 0.286. The zero-order chi connectivity index (χ0) is 7.56. The van der Waals surface area contributed by atoms with E-state index < -0.39 is 11.8 Å². The van der Waals surface area contributed by atoms with Gasteiger partial charge in [0, 0.05) is 6.54 Å². The second kappa shape index (κ2) is 2.43. The molecule has 0 bridgehead atoms. The topological polar surface area (TPSA) is 49.7 Å². The van der Waals surface area contributed by atoms with Crippen LogP contribution in [-0.4, -0.2) is 29.6 Å². The van der Waals surface area contributed by atoms with Gasteiger partial charge in [-0.25, -0.2) is 0 Å². The van der Waals surface area contributed by atoms with Crippen molar-refractivity contribution in [2.45, 2.75) is 0 Å². The Hall–Kier alpha value is -1.45. The van der Waals surface area contributed by atoms with E-state index in [4.69, 9.17) is 0 Å². The van der Waals surface area contributed by atoms with Gasteiger partial charge in [0.1, 0.15) is 0 Å². The maximum atomic E-state index is 10.7. The molecule has 51 valence electrons. The smallest absolute Gasteiger partial charge is 0.281 e. The van der Waals surface area contributed by atoms with Gasteiger partial charge in [-0.1, -0.05) is 6.08 Å². The van der Waals surface area contributed by atoms with Gasteiger partial charge in [-0.2, -0.15) is 4.99 Å². The van der Waals surface area contributed by atoms with E-state index >= 15 is 0 Å². The number of carbonyl (C=O) groups is 2. The van der Waals surface area contributed by atoms with Crippen molar-refractivity contribution in [1.82, 2.24) is 4.90 Å². The van der Waals surface area contributed by atoms with E-state index in [1.54, 1.807) is 0 Å². The first-order valence-electron chi connectivity index (χ1n) is 2.69. The largest absolute Gasteiger partial charge is 0.337 e. The number of amides is 2. The van der Waals surface area contributed by atoms with Crippen LogP contribution in [0, 0.1) is 0 Å². The van der Waals surface area contributed by atoms with Crippen LogP contribution >= 0.6 is 0 Å². The molecule has 0 saturated heterocycles. The lowest BCUT2D eigenvalue weighted by Crippen LogP contribution is -2.28. The van der Waals surface area contributed by atoms with Crippen molar-refractivity contribution in [2.24, 2.45) is 4.99 Å². The summed E-state index contributed by atoms with van der Waals surface area (Å²) in [5.74, 6) is -1.40. The molecular formula is C6H5N2O2. The third kappa shape index (κ3) is 0.953. The van der Waals surface area contributed by atoms with Crippen LogP contribution in [-0.2, 0) is 9.59 Å². The summed E-state index contributed by atoms with van der Waals surface area (Å²) >= 11 is 0. The van der Waals surface area contributed by atoms with Gasteiger partial charge in [0.25, 0.3) is 0 Å². The van der Waals surface area contributed by atoms with Crippen LogP contribution < -0.4 is 0 Å². The fraction of sp³-hybridized carbons (Fsp3) is 0.167. The van der Waals surface area contributed by atoms with Gasteiger partial charge in [0.15, 0.2) is 6.34 Å². The van der Waals surface area contributed by atoms with Crippen molar-refractivity contribution in [3.63, 3.8) is 0 Å². The number of carbonyl (C=O) groups excluding carboxylic acids is 2. The van der Waals surface area contributed by atoms with Crippen molar-refractivity contribution in [1.29, 1.82) is 0 Å². The van der Waals surface area contributed by atoms with Crippen molar-refractivity contribution in [3.8, 4) is 0 Å². The number of hydrogen-bond acceptors (Lipinski definition) is 2. The average Bonchev–Trinajstić information content (AvgIpc) is 2.20. The molecule has 2 amide bonds. The summed E-state index contributed by atoms with van der Waals surface area (Å²) in [6.07, 6.45) is 3.74. The maximum Gasteiger partial charge on any atom is 0.337 e. The molecule has 0 aliphatic carbocycles. The molecule has 1 heterocycles. The molecule has 1 aliphatic heterocycles. The molecule has 1 aliphatic rings. The zero-order valence-corrected chi connectivity index (χ0v) is 5.20. The summed E-state index contributed by atoms with van der Waals surface area (Å²) < 4.78 is 0. The minimum Gasteiger partial charge on any atom is -0.281 e. The second-order valence-electron chi connectivity index (χ2n) is 1.72. The summed E-state index contributed by atoms with van der Waals surface area (Å²) in [5.41, 5.74) is 0. The SMILES string of the molecule is C=CCN1[C]=NC(=O)C1=O. The fourth-order valence-electron chi connectivity index (χ4n) is 0.567. The molecule has 0 aromatic heterocycles. The van der Waals surface area contributed by atoms with E-state index in [0.29, 0.717) is 0 Å². The predicted octanol–water partition coefficient (Wildman–Crippen LogP) is -0.554. The Balaban J connectivity index is 2.66. The number of nitrogens with zero attached hydrogens (tertiary/aromatic N) is 2. The number of hydrogen-bond donors (Lipinski definition) is 0. The lowest BCUT2D eigenvalue weighted by atomic mass is 10.5. The van der Waals surface area contributed by atoms with Crippen molar-refractivity contribution < 1.29 is 9.59 Å². The molecule has 0 aromatic carbocycles. The normalized spacial score (nSPS) is 16.6. The third-order valence-electron chi connectivity index (χ3n) is 1.01. The third-order valence-corrected chi connectivity index (χ3v) is 1.01. The highest BCUT2D eigenvalue weighted by Crippen LogP contribution is 1.96. The van der Waals surface area contributed by atoms with E-state index in [1.807, 2.05) is 0 Å². The van der Waals surface area contributed by atoms with Crippen molar-refractivity contribution >= 4 is 18.2 Å². The standard InChI is InChI=1S/C6H5N2O2/c1-2-3-8-4-7-5(9)6(8)10/h2H,1,3H2. The Bertz CT molecular complexity index is 220. The molecule has 0 aromatic rings. The molecule has 0 spiro atoms. The molecule has 0 saturated carbocycles. The first-order chi connectivity index (χ1) is 4.75. The van der Waals surface area contributed by atoms with Gasteiger partial charge in [-0.05, 0) is 0 Å². The Morgan fingerprint density at radius 1 is 1.70 bits per heavy atom. The van der Waals surface area contributed by atoms with Gasteiger partial charge >= 0.3 is 11.8 Å². The molecular weight excluding hydrogens is 132 g/mol. The molecule has 0 N–H and O–H groups in total. The Morgan fingerprint density at radius 2 is 2.40 bits per heavy atom. The molecule has 0 fully saturated rings. The van der Waals surface area contributed by atoms with Crippen LogP contribution in [0.5, 0.6) is 0 Å². The predicted molar refractivity (Wildman–Crippen MR) is 34.4 cm³/mol. The molecule has 1 rings (SSSR count). The highest BCUT2D eigenvalue weighted by Gasteiger charge is 2.25. The molecule has 0 unspecified atom stereocenters. The Morgan fingerprint density at radius 3 is 2.80 bits per heavy atom. The van der Waals surface area contributed by atoms with Crippen LogP contribution in [0.25, 0.3) is 0 Å². The first-order valence-corrected chi connectivity index (χ1v) is 2.69. The molecule has 10 heavy (non-hydrogen) atoms. The van der Waals surface area contributed by atoms with E-state index in [2.05, 4.69) is 17.9 Å². The van der Waals surface area contributed by atoms with Gasteiger partial charge in [-0.3, -0.25) is 14.5 Å². The molecule has 4 heteroatoms. The van der Waals surface area contributed by atoms with Gasteiger partial charge in [0.2, 0.25) is 0 Å². The zero-order valence-electron chi connectivity index (χ0n) is 5.20. The van der Waals surface area contributed by atoms with E-state index in [9.17, 15) is 9.59 Å². The fourth-order valence-corrected chi connectivity index (χ4v) is 0.567. The van der Waals surface area contributed by atoms with E-state index in [0.717, 1.165) is 4.90 Å². The van der Waals surface area contributed by atoms with Gasteiger partial charge in [0.05, 0.1) is 0 Å². The van der Waals surface area contributed by atoms with Gasteiger partial charge < -0.3 is 0 Å². The summed E-state index contributed by atoms with van der Waals surface area (Å²) in [6, 6.07) is 0. The summed E-state index contributed by atoms with van der Waals surface area (Å²) in [4.78, 5) is 25.3. The second-order valence-corrected chi connectivity index (χ2v) is 1.72. The van der Waals surface area contributed by atoms with E-state index in [-0.39, 0.29) is 6.54 Å².